The van der Waals surface area contributed by atoms with E-state index in [0.717, 1.165) is 5.56 Å². The number of aryl methyl sites for hydroxylation is 1. The smallest absolute Gasteiger partial charge is 0.261 e. The lowest BCUT2D eigenvalue weighted by Gasteiger charge is -2.18. The molecule has 0 aliphatic heterocycles. The van der Waals surface area contributed by atoms with Crippen LogP contribution in [-0.2, 0) is 10.0 Å². The molecule has 0 saturated carbocycles. The van der Waals surface area contributed by atoms with Crippen LogP contribution in [0.15, 0.2) is 77.7 Å². The molecule has 6 heteroatoms. The van der Waals surface area contributed by atoms with E-state index in [1.807, 2.05) is 25.1 Å². The van der Waals surface area contributed by atoms with E-state index in [0.29, 0.717) is 16.1 Å². The lowest BCUT2D eigenvalue weighted by atomic mass is 10.0. The largest absolute Gasteiger partial charge is 0.384 e. The van der Waals surface area contributed by atoms with Gasteiger partial charge in [0.25, 0.3) is 10.0 Å². The molecule has 1 atom stereocenters. The second kappa shape index (κ2) is 7.50. The molecule has 3 aromatic carbocycles. The van der Waals surface area contributed by atoms with Gasteiger partial charge in [0.1, 0.15) is 6.10 Å². The summed E-state index contributed by atoms with van der Waals surface area (Å²) in [6.07, 6.45) is -0.982. The van der Waals surface area contributed by atoms with Crippen LogP contribution in [0.25, 0.3) is 0 Å². The first-order valence-corrected chi connectivity index (χ1v) is 9.85. The number of hydrogen-bond donors (Lipinski definition) is 2. The molecule has 0 aliphatic rings. The SMILES string of the molecule is Cc1ccc(S(=O)(=O)Nc2cc(Cl)ccc2C(O)c2ccccc2)cc1. The molecule has 3 aromatic rings. The molecule has 2 N–H and O–H groups in total. The zero-order valence-electron chi connectivity index (χ0n) is 14.1. The van der Waals surface area contributed by atoms with E-state index in [-0.39, 0.29) is 10.6 Å². The highest BCUT2D eigenvalue weighted by molar-refractivity contribution is 7.92. The second-order valence-electron chi connectivity index (χ2n) is 5.96. The van der Waals surface area contributed by atoms with Crippen molar-refractivity contribution in [2.75, 3.05) is 4.72 Å². The fourth-order valence-electron chi connectivity index (χ4n) is 2.59. The van der Waals surface area contributed by atoms with Crippen molar-refractivity contribution >= 4 is 27.3 Å². The number of halogens is 1. The third kappa shape index (κ3) is 4.07. The van der Waals surface area contributed by atoms with E-state index in [4.69, 9.17) is 11.6 Å². The predicted octanol–water partition coefficient (Wildman–Crippen LogP) is 4.53. The van der Waals surface area contributed by atoms with E-state index >= 15 is 0 Å². The molecule has 0 amide bonds. The molecule has 0 radical (unpaired) electrons. The first-order chi connectivity index (χ1) is 12.4. The average Bonchev–Trinajstić information content (AvgIpc) is 2.62. The number of nitrogens with one attached hydrogen (secondary N) is 1. The number of hydrogen-bond acceptors (Lipinski definition) is 3. The maximum Gasteiger partial charge on any atom is 0.261 e. The Morgan fingerprint density at radius 2 is 1.62 bits per heavy atom. The molecule has 4 nitrogen and oxygen atoms in total. The van der Waals surface area contributed by atoms with Crippen LogP contribution in [0, 0.1) is 6.92 Å². The van der Waals surface area contributed by atoms with Crippen LogP contribution in [0.3, 0.4) is 0 Å². The Balaban J connectivity index is 1.99. The van der Waals surface area contributed by atoms with Gasteiger partial charge in [-0.3, -0.25) is 4.72 Å². The average molecular weight is 388 g/mol. The highest BCUT2D eigenvalue weighted by atomic mass is 35.5. The van der Waals surface area contributed by atoms with Crippen LogP contribution in [0.1, 0.15) is 22.8 Å². The van der Waals surface area contributed by atoms with Gasteiger partial charge in [-0.2, -0.15) is 0 Å². The van der Waals surface area contributed by atoms with Gasteiger partial charge in [0.05, 0.1) is 10.6 Å². The Morgan fingerprint density at radius 3 is 2.27 bits per heavy atom. The Morgan fingerprint density at radius 1 is 0.962 bits per heavy atom. The van der Waals surface area contributed by atoms with Crippen LogP contribution in [0.4, 0.5) is 5.69 Å². The van der Waals surface area contributed by atoms with Crippen LogP contribution < -0.4 is 4.72 Å². The molecule has 3 rings (SSSR count). The molecule has 0 spiro atoms. The molecule has 0 fully saturated rings. The third-order valence-electron chi connectivity index (χ3n) is 4.00. The van der Waals surface area contributed by atoms with Crippen LogP contribution >= 0.6 is 11.6 Å². The van der Waals surface area contributed by atoms with Crippen LogP contribution in [-0.4, -0.2) is 13.5 Å². The highest BCUT2D eigenvalue weighted by Gasteiger charge is 2.20. The van der Waals surface area contributed by atoms with Crippen molar-refractivity contribution in [2.24, 2.45) is 0 Å². The topological polar surface area (TPSA) is 66.4 Å². The summed E-state index contributed by atoms with van der Waals surface area (Å²) in [4.78, 5) is 0.142. The Kier molecular flexibility index (Phi) is 5.32. The summed E-state index contributed by atoms with van der Waals surface area (Å²) in [6.45, 7) is 1.88. The fraction of sp³-hybridized carbons (Fsp3) is 0.100. The maximum absolute atomic E-state index is 12.7. The van der Waals surface area contributed by atoms with Crippen molar-refractivity contribution in [3.63, 3.8) is 0 Å². The molecule has 0 heterocycles. The normalized spacial score (nSPS) is 12.6. The van der Waals surface area contributed by atoms with Crippen molar-refractivity contribution in [3.8, 4) is 0 Å². The molecule has 0 aliphatic carbocycles. The van der Waals surface area contributed by atoms with Crippen molar-refractivity contribution < 1.29 is 13.5 Å². The molecule has 1 unspecified atom stereocenters. The highest BCUT2D eigenvalue weighted by Crippen LogP contribution is 2.32. The van der Waals surface area contributed by atoms with Crippen molar-refractivity contribution in [1.82, 2.24) is 0 Å². The fourth-order valence-corrected chi connectivity index (χ4v) is 3.84. The summed E-state index contributed by atoms with van der Waals surface area (Å²) >= 11 is 6.05. The van der Waals surface area contributed by atoms with Gasteiger partial charge in [0.15, 0.2) is 0 Å². The number of rotatable bonds is 5. The molecule has 134 valence electrons. The monoisotopic (exact) mass is 387 g/mol. The summed E-state index contributed by atoms with van der Waals surface area (Å²) in [6, 6.07) is 20.3. The first kappa shape index (κ1) is 18.5. The minimum absolute atomic E-state index is 0.142. The molecule has 0 bridgehead atoms. The van der Waals surface area contributed by atoms with E-state index in [1.165, 1.54) is 18.2 Å². The standard InChI is InChI=1S/C20H18ClNO3S/c1-14-7-10-17(11-8-14)26(24,25)22-19-13-16(21)9-12-18(19)20(23)15-5-3-2-4-6-15/h2-13,20,22-23H,1H3. The molecule has 0 saturated heterocycles. The Bertz CT molecular complexity index is 1000. The van der Waals surface area contributed by atoms with Gasteiger partial charge in [-0.25, -0.2) is 8.42 Å². The summed E-state index contributed by atoms with van der Waals surface area (Å²) < 4.78 is 27.9. The van der Waals surface area contributed by atoms with Crippen molar-refractivity contribution in [1.29, 1.82) is 0 Å². The summed E-state index contributed by atoms with van der Waals surface area (Å²) in [7, 11) is -3.80. The van der Waals surface area contributed by atoms with Gasteiger partial charge in [-0.1, -0.05) is 65.7 Å². The molecular weight excluding hydrogens is 370 g/mol. The van der Waals surface area contributed by atoms with E-state index in [9.17, 15) is 13.5 Å². The van der Waals surface area contributed by atoms with Crippen LogP contribution in [0.2, 0.25) is 5.02 Å². The number of benzene rings is 3. The number of anilines is 1. The third-order valence-corrected chi connectivity index (χ3v) is 5.62. The van der Waals surface area contributed by atoms with Gasteiger partial charge in [0, 0.05) is 10.6 Å². The zero-order valence-corrected chi connectivity index (χ0v) is 15.6. The minimum atomic E-state index is -3.80. The van der Waals surface area contributed by atoms with Crippen molar-refractivity contribution in [3.05, 3.63) is 94.5 Å². The van der Waals surface area contributed by atoms with E-state index in [2.05, 4.69) is 4.72 Å². The quantitative estimate of drug-likeness (QED) is 0.675. The number of sulfonamides is 1. The first-order valence-electron chi connectivity index (χ1n) is 7.99. The number of aliphatic hydroxyl groups excluding tert-OH is 1. The Labute approximate surface area is 158 Å². The van der Waals surface area contributed by atoms with Gasteiger partial charge >= 0.3 is 0 Å². The van der Waals surface area contributed by atoms with E-state index < -0.39 is 16.1 Å². The van der Waals surface area contributed by atoms with Crippen LogP contribution in [0.5, 0.6) is 0 Å². The molecular formula is C20H18ClNO3S. The van der Waals surface area contributed by atoms with Gasteiger partial charge in [-0.15, -0.1) is 0 Å². The Hall–Kier alpha value is -2.34. The zero-order chi connectivity index (χ0) is 18.7. The van der Waals surface area contributed by atoms with E-state index in [1.54, 1.807) is 36.4 Å². The number of aliphatic hydroxyl groups is 1. The van der Waals surface area contributed by atoms with Gasteiger partial charge in [0.2, 0.25) is 0 Å². The molecule has 26 heavy (non-hydrogen) atoms. The summed E-state index contributed by atoms with van der Waals surface area (Å²) in [5.41, 5.74) is 2.29. The van der Waals surface area contributed by atoms with Gasteiger partial charge in [-0.05, 0) is 36.8 Å². The predicted molar refractivity (Wildman–Crippen MR) is 104 cm³/mol. The summed E-state index contributed by atoms with van der Waals surface area (Å²) in [5, 5.41) is 11.1. The van der Waals surface area contributed by atoms with Crippen molar-refractivity contribution in [2.45, 2.75) is 17.9 Å². The maximum atomic E-state index is 12.7. The lowest BCUT2D eigenvalue weighted by molar-refractivity contribution is 0.221. The van der Waals surface area contributed by atoms with Gasteiger partial charge < -0.3 is 5.11 Å². The summed E-state index contributed by atoms with van der Waals surface area (Å²) in [5.74, 6) is 0. The lowest BCUT2D eigenvalue weighted by Crippen LogP contribution is -2.15. The minimum Gasteiger partial charge on any atom is -0.384 e. The second-order valence-corrected chi connectivity index (χ2v) is 8.08. The molecule has 0 aromatic heterocycles.